The first-order chi connectivity index (χ1) is 12.9. The summed E-state index contributed by atoms with van der Waals surface area (Å²) in [5.41, 5.74) is 4.60. The molecule has 0 N–H and O–H groups in total. The van der Waals surface area contributed by atoms with Crippen LogP contribution in [-0.4, -0.2) is 12.4 Å². The van der Waals surface area contributed by atoms with Crippen molar-refractivity contribution in [2.45, 2.75) is 85.5 Å². The summed E-state index contributed by atoms with van der Waals surface area (Å²) >= 11 is 0. The van der Waals surface area contributed by atoms with Crippen LogP contribution < -0.4 is 4.74 Å². The van der Waals surface area contributed by atoms with Gasteiger partial charge in [0.1, 0.15) is 5.75 Å². The molecule has 0 heterocycles. The van der Waals surface area contributed by atoms with E-state index >= 15 is 0 Å². The molecule has 1 aromatic carbocycles. The Morgan fingerprint density at radius 3 is 2.04 bits per heavy atom. The molecule has 0 saturated heterocycles. The summed E-state index contributed by atoms with van der Waals surface area (Å²) in [6.45, 7) is 18.5. The van der Waals surface area contributed by atoms with E-state index in [0.29, 0.717) is 18.9 Å². The number of benzene rings is 1. The maximum absolute atomic E-state index is 12.5. The van der Waals surface area contributed by atoms with Gasteiger partial charge >= 0.3 is 0 Å². The van der Waals surface area contributed by atoms with Crippen molar-refractivity contribution >= 4 is 5.78 Å². The van der Waals surface area contributed by atoms with Crippen LogP contribution in [0.2, 0.25) is 0 Å². The Morgan fingerprint density at radius 1 is 1.04 bits per heavy atom. The third kappa shape index (κ3) is 5.83. The summed E-state index contributed by atoms with van der Waals surface area (Å²) in [6.07, 6.45) is 8.08. The summed E-state index contributed by atoms with van der Waals surface area (Å²) in [7, 11) is 0. The van der Waals surface area contributed by atoms with Crippen LogP contribution in [0.5, 0.6) is 5.75 Å². The fourth-order valence-electron chi connectivity index (χ4n) is 3.43. The van der Waals surface area contributed by atoms with Gasteiger partial charge in [-0.25, -0.2) is 0 Å². The normalized spacial score (nSPS) is 14.5. The van der Waals surface area contributed by atoms with Gasteiger partial charge in [0.25, 0.3) is 0 Å². The molecule has 0 unspecified atom stereocenters. The number of hydrogen-bond acceptors (Lipinski definition) is 2. The maximum Gasteiger partial charge on any atom is 0.159 e. The molecule has 0 saturated carbocycles. The fraction of sp³-hybridized carbons (Fsp3) is 0.577. The Morgan fingerprint density at radius 2 is 1.61 bits per heavy atom. The summed E-state index contributed by atoms with van der Waals surface area (Å²) in [5.74, 6) is 1.78. The number of ketones is 1. The molecule has 0 amide bonds. The highest BCUT2D eigenvalue weighted by atomic mass is 16.5. The monoisotopic (exact) mass is 382 g/mol. The van der Waals surface area contributed by atoms with Gasteiger partial charge in [-0.15, -0.1) is 0 Å². The number of rotatable bonds is 7. The highest BCUT2D eigenvalue weighted by molar-refractivity contribution is 5.96. The second-order valence-corrected chi connectivity index (χ2v) is 10.5. The first-order valence-corrected chi connectivity index (χ1v) is 10.6. The lowest BCUT2D eigenvalue weighted by Gasteiger charge is -2.31. The van der Waals surface area contributed by atoms with E-state index in [9.17, 15) is 4.79 Å². The molecule has 0 spiro atoms. The summed E-state index contributed by atoms with van der Waals surface area (Å²) in [5, 5.41) is 0. The summed E-state index contributed by atoms with van der Waals surface area (Å²) in [4.78, 5) is 12.5. The SMILES string of the molecule is CC(C)COc1c(C(C)(C)C)cc(CCC(=O)C2=CC=CC2)cc1C(C)(C)C. The van der Waals surface area contributed by atoms with Gasteiger partial charge in [0.15, 0.2) is 5.78 Å². The summed E-state index contributed by atoms with van der Waals surface area (Å²) < 4.78 is 6.36. The van der Waals surface area contributed by atoms with Crippen molar-refractivity contribution in [3.8, 4) is 5.75 Å². The van der Waals surface area contributed by atoms with Gasteiger partial charge in [0, 0.05) is 17.5 Å². The minimum Gasteiger partial charge on any atom is -0.493 e. The third-order valence-electron chi connectivity index (χ3n) is 5.10. The van der Waals surface area contributed by atoms with Gasteiger partial charge in [0.2, 0.25) is 0 Å². The maximum atomic E-state index is 12.5. The molecule has 0 aliphatic heterocycles. The first-order valence-electron chi connectivity index (χ1n) is 10.6. The largest absolute Gasteiger partial charge is 0.493 e. The van der Waals surface area contributed by atoms with Gasteiger partial charge in [-0.05, 0) is 40.7 Å². The van der Waals surface area contributed by atoms with Gasteiger partial charge in [0.05, 0.1) is 6.61 Å². The molecule has 0 aromatic heterocycles. The zero-order valence-corrected chi connectivity index (χ0v) is 19.1. The van der Waals surface area contributed by atoms with Crippen molar-refractivity contribution < 1.29 is 9.53 Å². The van der Waals surface area contributed by atoms with Crippen LogP contribution >= 0.6 is 0 Å². The van der Waals surface area contributed by atoms with Crippen LogP contribution in [0.3, 0.4) is 0 Å². The van der Waals surface area contributed by atoms with Crippen molar-refractivity contribution in [3.05, 3.63) is 52.6 Å². The average Bonchev–Trinajstić information content (AvgIpc) is 3.10. The number of allylic oxidation sites excluding steroid dienone is 4. The van der Waals surface area contributed by atoms with Crippen LogP contribution in [0, 0.1) is 5.92 Å². The number of carbonyl (C=O) groups excluding carboxylic acids is 1. The molecule has 0 bridgehead atoms. The lowest BCUT2D eigenvalue weighted by Crippen LogP contribution is -2.21. The lowest BCUT2D eigenvalue weighted by atomic mass is 9.78. The third-order valence-corrected chi connectivity index (χ3v) is 5.10. The van der Waals surface area contributed by atoms with E-state index in [0.717, 1.165) is 24.2 Å². The highest BCUT2D eigenvalue weighted by Crippen LogP contribution is 2.41. The average molecular weight is 383 g/mol. The quantitative estimate of drug-likeness (QED) is 0.524. The predicted octanol–water partition coefficient (Wildman–Crippen LogP) is 6.70. The molecule has 0 atom stereocenters. The molecule has 0 radical (unpaired) electrons. The number of aryl methyl sites for hydroxylation is 1. The zero-order valence-electron chi connectivity index (χ0n) is 19.1. The standard InChI is InChI=1S/C26H38O2/c1-18(2)17-28-24-21(25(3,4)5)15-19(16-22(24)26(6,7)8)13-14-23(27)20-11-9-10-12-20/h9-11,15-16,18H,12-14,17H2,1-8H3. The molecule has 2 heteroatoms. The van der Waals surface area contributed by atoms with E-state index in [1.54, 1.807) is 0 Å². The Hall–Kier alpha value is -1.83. The predicted molar refractivity (Wildman–Crippen MR) is 119 cm³/mol. The molecule has 0 fully saturated rings. The van der Waals surface area contributed by atoms with E-state index < -0.39 is 0 Å². The Bertz CT molecular complexity index is 730. The van der Waals surface area contributed by atoms with Crippen LogP contribution in [0.4, 0.5) is 0 Å². The number of hydrogen-bond donors (Lipinski definition) is 0. The van der Waals surface area contributed by atoms with E-state index in [4.69, 9.17) is 4.74 Å². The topological polar surface area (TPSA) is 26.3 Å². The lowest BCUT2D eigenvalue weighted by molar-refractivity contribution is -0.115. The van der Waals surface area contributed by atoms with E-state index in [1.165, 1.54) is 16.7 Å². The van der Waals surface area contributed by atoms with Crippen LogP contribution in [0.25, 0.3) is 0 Å². The van der Waals surface area contributed by atoms with Crippen LogP contribution in [-0.2, 0) is 22.0 Å². The van der Waals surface area contributed by atoms with Gasteiger partial charge in [-0.1, -0.05) is 85.8 Å². The van der Waals surface area contributed by atoms with Crippen molar-refractivity contribution in [1.29, 1.82) is 0 Å². The zero-order chi connectivity index (χ0) is 21.1. The molecular weight excluding hydrogens is 344 g/mol. The number of ether oxygens (including phenoxy) is 1. The van der Waals surface area contributed by atoms with Gasteiger partial charge in [-0.2, -0.15) is 0 Å². The van der Waals surface area contributed by atoms with Crippen LogP contribution in [0.15, 0.2) is 35.9 Å². The van der Waals surface area contributed by atoms with Crippen molar-refractivity contribution in [3.63, 3.8) is 0 Å². The van der Waals surface area contributed by atoms with Gasteiger partial charge < -0.3 is 4.74 Å². The first kappa shape index (κ1) is 22.5. The smallest absolute Gasteiger partial charge is 0.159 e. The molecular formula is C26H38O2. The molecule has 1 aliphatic carbocycles. The molecule has 1 aromatic rings. The number of carbonyl (C=O) groups is 1. The van der Waals surface area contributed by atoms with Gasteiger partial charge in [-0.3, -0.25) is 4.79 Å². The van der Waals surface area contributed by atoms with E-state index in [-0.39, 0.29) is 16.6 Å². The fourth-order valence-corrected chi connectivity index (χ4v) is 3.43. The van der Waals surface area contributed by atoms with Crippen molar-refractivity contribution in [1.82, 2.24) is 0 Å². The molecule has 1 aliphatic rings. The van der Waals surface area contributed by atoms with E-state index in [2.05, 4.69) is 67.5 Å². The molecule has 154 valence electrons. The number of Topliss-reactive ketones (excluding diaryl/α,β-unsaturated/α-hetero) is 1. The Labute approximate surface area is 172 Å². The van der Waals surface area contributed by atoms with Crippen molar-refractivity contribution in [2.75, 3.05) is 6.61 Å². The van der Waals surface area contributed by atoms with E-state index in [1.807, 2.05) is 18.2 Å². The Kier molecular flexibility index (Phi) is 6.96. The minimum atomic E-state index is -0.0236. The molecule has 2 rings (SSSR count). The van der Waals surface area contributed by atoms with Crippen molar-refractivity contribution in [2.24, 2.45) is 5.92 Å². The molecule has 28 heavy (non-hydrogen) atoms. The minimum absolute atomic E-state index is 0.0236. The second-order valence-electron chi connectivity index (χ2n) is 10.5. The Balaban J connectivity index is 2.39. The molecule has 2 nitrogen and oxygen atoms in total. The summed E-state index contributed by atoms with van der Waals surface area (Å²) in [6, 6.07) is 4.53. The highest BCUT2D eigenvalue weighted by Gasteiger charge is 2.28. The second kappa shape index (κ2) is 8.68. The van der Waals surface area contributed by atoms with Crippen LogP contribution in [0.1, 0.15) is 84.9 Å².